The predicted molar refractivity (Wildman–Crippen MR) is 58.7 cm³/mol. The molecular formula is C10H10ClNO4. The van der Waals surface area contributed by atoms with Crippen LogP contribution in [0.1, 0.15) is 23.7 Å². The van der Waals surface area contributed by atoms with Crippen LogP contribution in [-0.2, 0) is 4.74 Å². The van der Waals surface area contributed by atoms with Crippen molar-refractivity contribution in [3.05, 3.63) is 38.9 Å². The number of nitrogens with zero attached hydrogens (tertiary/aromatic N) is 1. The number of rotatable bonds is 4. The van der Waals surface area contributed by atoms with Crippen molar-refractivity contribution in [1.82, 2.24) is 0 Å². The summed E-state index contributed by atoms with van der Waals surface area (Å²) in [5.74, 6) is -0.643. The third-order valence-corrected chi connectivity index (χ3v) is 2.23. The monoisotopic (exact) mass is 243 g/mol. The summed E-state index contributed by atoms with van der Waals surface area (Å²) >= 11 is 5.74. The number of benzene rings is 1. The lowest BCUT2D eigenvalue weighted by Gasteiger charge is -2.04. The maximum Gasteiger partial charge on any atom is 0.339 e. The molecule has 5 nitrogen and oxygen atoms in total. The highest BCUT2D eigenvalue weighted by Gasteiger charge is 2.20. The summed E-state index contributed by atoms with van der Waals surface area (Å²) in [6, 6.07) is 4.03. The van der Waals surface area contributed by atoms with Gasteiger partial charge in [-0.2, -0.15) is 0 Å². The Kier molecular flexibility index (Phi) is 4.25. The Morgan fingerprint density at radius 1 is 1.56 bits per heavy atom. The lowest BCUT2D eigenvalue weighted by atomic mass is 10.2. The Hall–Kier alpha value is -1.62. The van der Waals surface area contributed by atoms with E-state index >= 15 is 0 Å². The Morgan fingerprint density at radius 3 is 2.81 bits per heavy atom. The van der Waals surface area contributed by atoms with Gasteiger partial charge in [0, 0.05) is 6.07 Å². The van der Waals surface area contributed by atoms with Crippen molar-refractivity contribution >= 4 is 23.3 Å². The van der Waals surface area contributed by atoms with Gasteiger partial charge in [0.15, 0.2) is 0 Å². The van der Waals surface area contributed by atoms with E-state index < -0.39 is 10.9 Å². The highest BCUT2D eigenvalue weighted by molar-refractivity contribution is 6.35. The second kappa shape index (κ2) is 5.46. The van der Waals surface area contributed by atoms with Gasteiger partial charge in [-0.1, -0.05) is 24.6 Å². The first-order chi connectivity index (χ1) is 7.57. The molecule has 1 aromatic rings. The summed E-state index contributed by atoms with van der Waals surface area (Å²) in [4.78, 5) is 21.4. The van der Waals surface area contributed by atoms with Gasteiger partial charge in [0.2, 0.25) is 0 Å². The minimum absolute atomic E-state index is 0.0179. The first kappa shape index (κ1) is 12.4. The standard InChI is InChI=1S/C10H10ClNO4/c1-2-6-16-10(13)7-4-3-5-8(9(7)11)12(14)15/h3-5H,2,6H2,1H3. The van der Waals surface area contributed by atoms with Gasteiger partial charge in [0.1, 0.15) is 5.02 Å². The predicted octanol–water partition coefficient (Wildman–Crippen LogP) is 2.82. The molecule has 0 bridgehead atoms. The van der Waals surface area contributed by atoms with Crippen LogP contribution in [0.2, 0.25) is 5.02 Å². The summed E-state index contributed by atoms with van der Waals surface area (Å²) in [6.45, 7) is 2.11. The Balaban J connectivity index is 3.01. The van der Waals surface area contributed by atoms with Crippen molar-refractivity contribution in [1.29, 1.82) is 0 Å². The van der Waals surface area contributed by atoms with Gasteiger partial charge in [-0.05, 0) is 12.5 Å². The summed E-state index contributed by atoms with van der Waals surface area (Å²) in [6.07, 6.45) is 0.679. The summed E-state index contributed by atoms with van der Waals surface area (Å²) < 4.78 is 4.85. The Bertz CT molecular complexity index is 419. The van der Waals surface area contributed by atoms with Gasteiger partial charge in [-0.25, -0.2) is 4.79 Å². The molecule has 0 spiro atoms. The van der Waals surface area contributed by atoms with Gasteiger partial charge in [-0.15, -0.1) is 0 Å². The van der Waals surface area contributed by atoms with E-state index in [-0.39, 0.29) is 22.9 Å². The molecule has 0 aliphatic rings. The summed E-state index contributed by atoms with van der Waals surface area (Å²) in [5.41, 5.74) is -0.281. The van der Waals surface area contributed by atoms with Gasteiger partial charge >= 0.3 is 5.97 Å². The van der Waals surface area contributed by atoms with Gasteiger partial charge in [0.05, 0.1) is 17.1 Å². The molecule has 0 N–H and O–H groups in total. The zero-order valence-corrected chi connectivity index (χ0v) is 9.36. The lowest BCUT2D eigenvalue weighted by Crippen LogP contribution is -2.07. The van der Waals surface area contributed by atoms with Crippen LogP contribution in [0.3, 0.4) is 0 Å². The van der Waals surface area contributed by atoms with Gasteiger partial charge in [-0.3, -0.25) is 10.1 Å². The smallest absolute Gasteiger partial charge is 0.339 e. The topological polar surface area (TPSA) is 69.4 Å². The molecule has 0 saturated heterocycles. The third kappa shape index (κ3) is 2.70. The second-order valence-electron chi connectivity index (χ2n) is 3.03. The zero-order valence-electron chi connectivity index (χ0n) is 8.60. The van der Waals surface area contributed by atoms with E-state index in [1.807, 2.05) is 6.92 Å². The number of nitro groups is 1. The molecule has 0 heterocycles. The van der Waals surface area contributed by atoms with E-state index in [9.17, 15) is 14.9 Å². The Labute approximate surface area is 97.1 Å². The molecule has 0 saturated carbocycles. The highest BCUT2D eigenvalue weighted by atomic mass is 35.5. The molecular weight excluding hydrogens is 234 g/mol. The maximum atomic E-state index is 11.5. The van der Waals surface area contributed by atoms with Crippen LogP contribution >= 0.6 is 11.6 Å². The molecule has 0 aliphatic heterocycles. The number of nitro benzene ring substituents is 1. The number of carbonyl (C=O) groups is 1. The van der Waals surface area contributed by atoms with E-state index in [2.05, 4.69) is 0 Å². The van der Waals surface area contributed by atoms with Crippen LogP contribution in [0.15, 0.2) is 18.2 Å². The number of hydrogen-bond donors (Lipinski definition) is 0. The van der Waals surface area contributed by atoms with Crippen molar-refractivity contribution in [2.75, 3.05) is 6.61 Å². The average Bonchev–Trinajstić information content (AvgIpc) is 2.25. The molecule has 0 atom stereocenters. The number of hydrogen-bond acceptors (Lipinski definition) is 4. The van der Waals surface area contributed by atoms with Crippen LogP contribution in [0.4, 0.5) is 5.69 Å². The molecule has 1 rings (SSSR count). The SMILES string of the molecule is CCCOC(=O)c1cccc([N+](=O)[O-])c1Cl. The largest absolute Gasteiger partial charge is 0.462 e. The van der Waals surface area contributed by atoms with Crippen molar-refractivity contribution in [2.24, 2.45) is 0 Å². The van der Waals surface area contributed by atoms with Crippen molar-refractivity contribution in [3.63, 3.8) is 0 Å². The molecule has 0 amide bonds. The molecule has 0 radical (unpaired) electrons. The van der Waals surface area contributed by atoms with Crippen molar-refractivity contribution in [2.45, 2.75) is 13.3 Å². The molecule has 1 aromatic carbocycles. The molecule has 16 heavy (non-hydrogen) atoms. The maximum absolute atomic E-state index is 11.5. The molecule has 0 aliphatic carbocycles. The Morgan fingerprint density at radius 2 is 2.25 bits per heavy atom. The zero-order chi connectivity index (χ0) is 12.1. The number of halogens is 1. The first-order valence-electron chi connectivity index (χ1n) is 4.68. The number of ether oxygens (including phenoxy) is 1. The van der Waals surface area contributed by atoms with Crippen molar-refractivity contribution in [3.8, 4) is 0 Å². The van der Waals surface area contributed by atoms with Crippen molar-refractivity contribution < 1.29 is 14.5 Å². The molecule has 86 valence electrons. The average molecular weight is 244 g/mol. The number of esters is 1. The fourth-order valence-corrected chi connectivity index (χ4v) is 1.36. The van der Waals surface area contributed by atoms with E-state index in [0.717, 1.165) is 0 Å². The first-order valence-corrected chi connectivity index (χ1v) is 5.05. The normalized spacial score (nSPS) is 9.88. The van der Waals surface area contributed by atoms with Crippen LogP contribution < -0.4 is 0 Å². The van der Waals surface area contributed by atoms with Crippen LogP contribution in [0, 0.1) is 10.1 Å². The van der Waals surface area contributed by atoms with E-state index in [1.54, 1.807) is 0 Å². The van der Waals surface area contributed by atoms with Gasteiger partial charge < -0.3 is 4.74 Å². The fourth-order valence-electron chi connectivity index (χ4n) is 1.09. The molecule has 0 aromatic heterocycles. The van der Waals surface area contributed by atoms with Crippen LogP contribution in [0.5, 0.6) is 0 Å². The second-order valence-corrected chi connectivity index (χ2v) is 3.41. The van der Waals surface area contributed by atoms with Crippen LogP contribution in [-0.4, -0.2) is 17.5 Å². The third-order valence-electron chi connectivity index (χ3n) is 1.83. The molecule has 0 unspecified atom stereocenters. The van der Waals surface area contributed by atoms with E-state index in [0.29, 0.717) is 6.42 Å². The van der Waals surface area contributed by atoms with Gasteiger partial charge in [0.25, 0.3) is 5.69 Å². The lowest BCUT2D eigenvalue weighted by molar-refractivity contribution is -0.384. The fraction of sp³-hybridized carbons (Fsp3) is 0.300. The quantitative estimate of drug-likeness (QED) is 0.463. The van der Waals surface area contributed by atoms with E-state index in [1.165, 1.54) is 18.2 Å². The van der Waals surface area contributed by atoms with E-state index in [4.69, 9.17) is 16.3 Å². The minimum atomic E-state index is -0.643. The highest BCUT2D eigenvalue weighted by Crippen LogP contribution is 2.28. The summed E-state index contributed by atoms with van der Waals surface area (Å²) in [5, 5.41) is 10.4. The molecule has 6 heteroatoms. The molecule has 0 fully saturated rings. The van der Waals surface area contributed by atoms with Crippen LogP contribution in [0.25, 0.3) is 0 Å². The minimum Gasteiger partial charge on any atom is -0.462 e. The number of carbonyl (C=O) groups excluding carboxylic acids is 1. The summed E-state index contributed by atoms with van der Waals surface area (Å²) in [7, 11) is 0.